The first kappa shape index (κ1) is 25.1. The number of benzene rings is 3. The van der Waals surface area contributed by atoms with Gasteiger partial charge in [0, 0.05) is 24.2 Å². The quantitative estimate of drug-likeness (QED) is 0.409. The summed E-state index contributed by atoms with van der Waals surface area (Å²) in [6, 6.07) is 19.5. The lowest BCUT2D eigenvalue weighted by Gasteiger charge is -2.14. The molecule has 0 fully saturated rings. The molecule has 178 valence electrons. The maximum Gasteiger partial charge on any atom is 0.335 e. The third kappa shape index (κ3) is 6.49. The van der Waals surface area contributed by atoms with E-state index in [0.717, 1.165) is 48.6 Å². The van der Waals surface area contributed by atoms with E-state index in [4.69, 9.17) is 9.47 Å². The van der Waals surface area contributed by atoms with Crippen LogP contribution in [0.5, 0.6) is 11.5 Å². The Morgan fingerprint density at radius 3 is 2.44 bits per heavy atom. The topological polar surface area (TPSA) is 67.8 Å². The molecule has 0 amide bonds. The molecule has 3 aromatic rings. The summed E-state index contributed by atoms with van der Waals surface area (Å²) in [6.07, 6.45) is 1.07. The molecular weight excluding hydrogens is 426 g/mol. The lowest BCUT2D eigenvalue weighted by Crippen LogP contribution is -2.04. The molecule has 1 aliphatic rings. The van der Waals surface area contributed by atoms with Gasteiger partial charge >= 0.3 is 5.97 Å². The van der Waals surface area contributed by atoms with Gasteiger partial charge < -0.3 is 19.9 Å². The van der Waals surface area contributed by atoms with Crippen molar-refractivity contribution in [2.24, 2.45) is 0 Å². The highest BCUT2D eigenvalue weighted by molar-refractivity contribution is 5.91. The van der Waals surface area contributed by atoms with Crippen molar-refractivity contribution < 1.29 is 19.4 Å². The number of carboxylic acid groups (broad SMARTS) is 1. The summed E-state index contributed by atoms with van der Waals surface area (Å²) in [5.41, 5.74) is 6.25. The Kier molecular flexibility index (Phi) is 8.88. The van der Waals surface area contributed by atoms with Gasteiger partial charge in [-0.15, -0.1) is 0 Å². The predicted molar refractivity (Wildman–Crippen MR) is 136 cm³/mol. The zero-order valence-electron chi connectivity index (χ0n) is 20.2. The van der Waals surface area contributed by atoms with Crippen LogP contribution in [0, 0.1) is 6.92 Å². The standard InChI is InChI=1S/C18H18O3.C11H15NO/c1-12(2)15-10-16(18(19)20)13(3)9-17(15)21-11-14-7-5-4-6-8-14;1-2-6-13-11-5-3-4-9-7-12-8-10(9)11/h4-10H,1,11H2,2-3H3,(H,19,20);3-5,12H,2,6-8H2,1H3. The Morgan fingerprint density at radius 2 is 1.76 bits per heavy atom. The van der Waals surface area contributed by atoms with Crippen molar-refractivity contribution >= 4 is 11.5 Å². The highest BCUT2D eigenvalue weighted by Crippen LogP contribution is 2.29. The molecule has 0 bridgehead atoms. The van der Waals surface area contributed by atoms with Crippen LogP contribution in [0.4, 0.5) is 0 Å². The van der Waals surface area contributed by atoms with Crippen LogP contribution in [0.3, 0.4) is 0 Å². The summed E-state index contributed by atoms with van der Waals surface area (Å²) in [5, 5.41) is 12.5. The summed E-state index contributed by atoms with van der Waals surface area (Å²) < 4.78 is 11.5. The van der Waals surface area contributed by atoms with E-state index in [2.05, 4.69) is 37.0 Å². The molecule has 0 unspecified atom stereocenters. The molecule has 5 heteroatoms. The van der Waals surface area contributed by atoms with Gasteiger partial charge in [-0.3, -0.25) is 0 Å². The number of carboxylic acids is 1. The number of rotatable bonds is 8. The van der Waals surface area contributed by atoms with Crippen LogP contribution in [0.25, 0.3) is 5.57 Å². The average Bonchev–Trinajstić information content (AvgIpc) is 3.31. The lowest BCUT2D eigenvalue weighted by atomic mass is 10.00. The average molecular weight is 460 g/mol. The number of fused-ring (bicyclic) bond motifs is 1. The molecule has 0 aromatic heterocycles. The van der Waals surface area contributed by atoms with E-state index in [-0.39, 0.29) is 5.56 Å². The number of aromatic carboxylic acids is 1. The van der Waals surface area contributed by atoms with Crippen molar-refractivity contribution in [3.63, 3.8) is 0 Å². The molecule has 4 rings (SSSR count). The first-order valence-electron chi connectivity index (χ1n) is 11.6. The molecule has 1 heterocycles. The fraction of sp³-hybridized carbons (Fsp3) is 0.276. The van der Waals surface area contributed by atoms with Gasteiger partial charge in [0.1, 0.15) is 18.1 Å². The summed E-state index contributed by atoms with van der Waals surface area (Å²) in [6.45, 7) is 12.8. The number of carbonyl (C=O) groups is 1. The van der Waals surface area contributed by atoms with Gasteiger partial charge in [0.25, 0.3) is 0 Å². The van der Waals surface area contributed by atoms with Gasteiger partial charge in [-0.25, -0.2) is 4.79 Å². The van der Waals surface area contributed by atoms with E-state index >= 15 is 0 Å². The highest BCUT2D eigenvalue weighted by Gasteiger charge is 2.15. The van der Waals surface area contributed by atoms with Gasteiger partial charge in [0.15, 0.2) is 0 Å². The molecule has 0 saturated heterocycles. The van der Waals surface area contributed by atoms with Crippen LogP contribution in [-0.2, 0) is 19.7 Å². The van der Waals surface area contributed by atoms with E-state index in [1.807, 2.05) is 37.3 Å². The Morgan fingerprint density at radius 1 is 1.00 bits per heavy atom. The minimum atomic E-state index is -0.940. The van der Waals surface area contributed by atoms with Crippen LogP contribution in [-0.4, -0.2) is 17.7 Å². The SMILES string of the molecule is C=C(C)c1cc(C(=O)O)c(C)cc1OCc1ccccc1.CCCOc1cccc2c1CNC2. The fourth-order valence-electron chi connectivity index (χ4n) is 3.75. The second-order valence-electron chi connectivity index (χ2n) is 8.37. The predicted octanol–water partition coefficient (Wildman–Crippen LogP) is 6.38. The molecular formula is C29H33NO4. The maximum absolute atomic E-state index is 11.2. The van der Waals surface area contributed by atoms with Crippen LogP contribution in [0.1, 0.15) is 58.4 Å². The van der Waals surface area contributed by atoms with Gasteiger partial charge in [-0.1, -0.05) is 56.0 Å². The molecule has 1 aliphatic heterocycles. The zero-order chi connectivity index (χ0) is 24.5. The summed E-state index contributed by atoms with van der Waals surface area (Å²) in [5.74, 6) is 0.780. The summed E-state index contributed by atoms with van der Waals surface area (Å²) >= 11 is 0. The number of nitrogens with one attached hydrogen (secondary N) is 1. The van der Waals surface area contributed by atoms with Crippen molar-refractivity contribution in [3.8, 4) is 11.5 Å². The van der Waals surface area contributed by atoms with Gasteiger partial charge in [0.05, 0.1) is 12.2 Å². The van der Waals surface area contributed by atoms with E-state index in [1.54, 1.807) is 19.1 Å². The van der Waals surface area contributed by atoms with E-state index in [0.29, 0.717) is 17.9 Å². The molecule has 2 N–H and O–H groups in total. The van der Waals surface area contributed by atoms with Crippen molar-refractivity contribution in [3.05, 3.63) is 101 Å². The van der Waals surface area contributed by atoms with E-state index < -0.39 is 5.97 Å². The molecule has 0 aliphatic carbocycles. The molecule has 0 saturated carbocycles. The highest BCUT2D eigenvalue weighted by atomic mass is 16.5. The Bertz CT molecular complexity index is 1140. The summed E-state index contributed by atoms with van der Waals surface area (Å²) in [4.78, 5) is 11.2. The third-order valence-electron chi connectivity index (χ3n) is 5.56. The van der Waals surface area contributed by atoms with Crippen LogP contribution in [0.2, 0.25) is 0 Å². The van der Waals surface area contributed by atoms with Gasteiger partial charge in [0.2, 0.25) is 0 Å². The summed E-state index contributed by atoms with van der Waals surface area (Å²) in [7, 11) is 0. The number of ether oxygens (including phenoxy) is 2. The zero-order valence-corrected chi connectivity index (χ0v) is 20.2. The Hall–Kier alpha value is -3.57. The second kappa shape index (κ2) is 12.1. The Balaban J connectivity index is 0.000000212. The lowest BCUT2D eigenvalue weighted by molar-refractivity contribution is 0.0696. The number of allylic oxidation sites excluding steroid dienone is 1. The van der Waals surface area contributed by atoms with Gasteiger partial charge in [-0.05, 0) is 60.7 Å². The molecule has 3 aromatic carbocycles. The third-order valence-corrected chi connectivity index (χ3v) is 5.56. The molecule has 0 spiro atoms. The number of hydrogen-bond acceptors (Lipinski definition) is 4. The monoisotopic (exact) mass is 459 g/mol. The van der Waals surface area contributed by atoms with E-state index in [9.17, 15) is 9.90 Å². The smallest absolute Gasteiger partial charge is 0.335 e. The second-order valence-corrected chi connectivity index (χ2v) is 8.37. The van der Waals surface area contributed by atoms with E-state index in [1.165, 1.54) is 11.1 Å². The van der Waals surface area contributed by atoms with Gasteiger partial charge in [-0.2, -0.15) is 0 Å². The van der Waals surface area contributed by atoms with Crippen LogP contribution in [0.15, 0.2) is 67.2 Å². The van der Waals surface area contributed by atoms with Crippen molar-refractivity contribution in [1.82, 2.24) is 5.32 Å². The first-order valence-corrected chi connectivity index (χ1v) is 11.6. The minimum Gasteiger partial charge on any atom is -0.493 e. The first-order chi connectivity index (χ1) is 16.4. The van der Waals surface area contributed by atoms with Crippen molar-refractivity contribution in [2.75, 3.05) is 6.61 Å². The normalized spacial score (nSPS) is 11.7. The van der Waals surface area contributed by atoms with Crippen molar-refractivity contribution in [2.45, 2.75) is 46.9 Å². The molecule has 0 atom stereocenters. The maximum atomic E-state index is 11.2. The van der Waals surface area contributed by atoms with Crippen molar-refractivity contribution in [1.29, 1.82) is 0 Å². The number of aryl methyl sites for hydroxylation is 1. The molecule has 5 nitrogen and oxygen atoms in total. The largest absolute Gasteiger partial charge is 0.493 e. The Labute approximate surface area is 202 Å². The van der Waals surface area contributed by atoms with Crippen LogP contribution >= 0.6 is 0 Å². The number of hydrogen-bond donors (Lipinski definition) is 2. The molecule has 34 heavy (non-hydrogen) atoms. The van der Waals surface area contributed by atoms with Crippen LogP contribution < -0.4 is 14.8 Å². The minimum absolute atomic E-state index is 0.278. The fourth-order valence-corrected chi connectivity index (χ4v) is 3.75. The molecule has 0 radical (unpaired) electrons.